The topological polar surface area (TPSA) is 38.7 Å². The molecule has 4 heteroatoms. The monoisotopic (exact) mass is 767 g/mol. The lowest BCUT2D eigenvalue weighted by molar-refractivity contribution is 1.18. The molecule has 9 aromatic carbocycles. The first-order valence-corrected chi connectivity index (χ1v) is 20.8. The summed E-state index contributed by atoms with van der Waals surface area (Å²) in [5, 5.41) is 11.2. The third-order valence-electron chi connectivity index (χ3n) is 11.7. The van der Waals surface area contributed by atoms with E-state index in [2.05, 4.69) is 164 Å². The molecule has 0 aliphatic heterocycles. The van der Waals surface area contributed by atoms with E-state index in [0.717, 1.165) is 61.4 Å². The molecule has 0 radical (unpaired) electrons. The molecule has 0 spiro atoms. The zero-order valence-corrected chi connectivity index (χ0v) is 32.6. The quantitative estimate of drug-likeness (QED) is 0.164. The first-order valence-electron chi connectivity index (χ1n) is 19.9. The van der Waals surface area contributed by atoms with Crippen molar-refractivity contribution in [1.29, 1.82) is 0 Å². The molecule has 0 unspecified atom stereocenters. The van der Waals surface area contributed by atoms with Crippen LogP contribution in [0.1, 0.15) is 0 Å². The molecule has 3 nitrogen and oxygen atoms in total. The highest BCUT2D eigenvalue weighted by Crippen LogP contribution is 2.46. The minimum atomic E-state index is 0.693. The van der Waals surface area contributed by atoms with E-state index in [1.165, 1.54) is 52.5 Å². The van der Waals surface area contributed by atoms with E-state index in [-0.39, 0.29) is 0 Å². The number of rotatable bonds is 5. The Hall–Kier alpha value is -7.53. The normalized spacial score (nSPS) is 11.7. The highest BCUT2D eigenvalue weighted by atomic mass is 32.1. The van der Waals surface area contributed by atoms with Crippen molar-refractivity contribution in [2.75, 3.05) is 0 Å². The maximum atomic E-state index is 5.65. The average molecular weight is 768 g/mol. The van der Waals surface area contributed by atoms with Gasteiger partial charge >= 0.3 is 0 Å². The van der Waals surface area contributed by atoms with E-state index in [1.807, 2.05) is 47.7 Å². The van der Waals surface area contributed by atoms with Gasteiger partial charge in [0.05, 0.1) is 27.3 Å². The third-order valence-corrected chi connectivity index (χ3v) is 12.9. The number of benzene rings is 9. The van der Waals surface area contributed by atoms with Gasteiger partial charge in [0.25, 0.3) is 0 Å². The zero-order valence-electron chi connectivity index (χ0n) is 31.8. The molecule has 0 fully saturated rings. The molecule has 274 valence electrons. The number of nitrogens with zero attached hydrogens (tertiary/aromatic N) is 3. The molecule has 0 atom stereocenters. The maximum absolute atomic E-state index is 5.65. The summed E-state index contributed by atoms with van der Waals surface area (Å²) in [7, 11) is 0. The number of hydrogen-bond donors (Lipinski definition) is 0. The molecule has 0 aliphatic rings. The Morgan fingerprint density at radius 1 is 0.322 bits per heavy atom. The van der Waals surface area contributed by atoms with Gasteiger partial charge in [-0.25, -0.2) is 15.0 Å². The van der Waals surface area contributed by atoms with Gasteiger partial charge < -0.3 is 0 Å². The summed E-state index contributed by atoms with van der Waals surface area (Å²) in [6.45, 7) is 0. The van der Waals surface area contributed by atoms with Crippen LogP contribution in [0.5, 0.6) is 0 Å². The van der Waals surface area contributed by atoms with E-state index in [0.29, 0.717) is 5.82 Å². The van der Waals surface area contributed by atoms with Crippen LogP contribution in [0.2, 0.25) is 0 Å². The molecule has 59 heavy (non-hydrogen) atoms. The Bertz CT molecular complexity index is 3500. The summed E-state index contributed by atoms with van der Waals surface area (Å²) in [5.41, 5.74) is 10.2. The van der Waals surface area contributed by atoms with E-state index < -0.39 is 0 Å². The lowest BCUT2D eigenvalue weighted by Crippen LogP contribution is -1.96. The van der Waals surface area contributed by atoms with Crippen LogP contribution < -0.4 is 0 Å². The largest absolute Gasteiger partial charge is 0.246 e. The highest BCUT2D eigenvalue weighted by molar-refractivity contribution is 7.26. The molecule has 3 heterocycles. The Kier molecular flexibility index (Phi) is 7.72. The van der Waals surface area contributed by atoms with Crippen molar-refractivity contribution in [2.45, 2.75) is 0 Å². The molecule has 0 N–H and O–H groups in total. The van der Waals surface area contributed by atoms with Crippen LogP contribution in [0.15, 0.2) is 200 Å². The number of thiophene rings is 1. The molecule has 0 saturated carbocycles. The van der Waals surface area contributed by atoms with Gasteiger partial charge in [0.1, 0.15) is 0 Å². The number of aromatic nitrogens is 3. The fourth-order valence-corrected chi connectivity index (χ4v) is 10.1. The van der Waals surface area contributed by atoms with Gasteiger partial charge in [-0.3, -0.25) is 0 Å². The van der Waals surface area contributed by atoms with Gasteiger partial charge in [-0.1, -0.05) is 182 Å². The van der Waals surface area contributed by atoms with Crippen LogP contribution >= 0.6 is 11.3 Å². The maximum Gasteiger partial charge on any atom is 0.160 e. The second-order valence-corrected chi connectivity index (χ2v) is 16.1. The van der Waals surface area contributed by atoms with Crippen LogP contribution in [-0.2, 0) is 0 Å². The fraction of sp³-hybridized carbons (Fsp3) is 0. The predicted octanol–water partition coefficient (Wildman–Crippen LogP) is 15.2. The van der Waals surface area contributed by atoms with Crippen molar-refractivity contribution in [3.05, 3.63) is 200 Å². The van der Waals surface area contributed by atoms with Crippen LogP contribution in [-0.4, -0.2) is 15.0 Å². The number of hydrogen-bond acceptors (Lipinski definition) is 4. The summed E-state index contributed by atoms with van der Waals surface area (Å²) < 4.78 is 2.47. The molecule has 12 aromatic rings. The van der Waals surface area contributed by atoms with E-state index >= 15 is 0 Å². The lowest BCUT2D eigenvalue weighted by Gasteiger charge is -2.14. The minimum Gasteiger partial charge on any atom is -0.246 e. The lowest BCUT2D eigenvalue weighted by atomic mass is 9.92. The minimum absolute atomic E-state index is 0.693. The summed E-state index contributed by atoms with van der Waals surface area (Å²) in [5.74, 6) is 0.693. The van der Waals surface area contributed by atoms with Crippen LogP contribution in [0.3, 0.4) is 0 Å². The van der Waals surface area contributed by atoms with Gasteiger partial charge in [0, 0.05) is 48.7 Å². The number of para-hydroxylation sites is 1. The third kappa shape index (κ3) is 5.53. The molecule has 0 saturated heterocycles. The summed E-state index contributed by atoms with van der Waals surface area (Å²) >= 11 is 1.83. The van der Waals surface area contributed by atoms with Crippen molar-refractivity contribution in [2.24, 2.45) is 0 Å². The first kappa shape index (κ1) is 33.6. The Labute approximate surface area is 344 Å². The van der Waals surface area contributed by atoms with E-state index in [4.69, 9.17) is 15.0 Å². The van der Waals surface area contributed by atoms with E-state index in [9.17, 15) is 0 Å². The van der Waals surface area contributed by atoms with Crippen molar-refractivity contribution in [3.63, 3.8) is 0 Å². The predicted molar refractivity (Wildman–Crippen MR) is 250 cm³/mol. The molecule has 0 bridgehead atoms. The van der Waals surface area contributed by atoms with Gasteiger partial charge in [0.15, 0.2) is 5.82 Å². The fourth-order valence-electron chi connectivity index (χ4n) is 8.88. The van der Waals surface area contributed by atoms with Crippen LogP contribution in [0, 0.1) is 0 Å². The van der Waals surface area contributed by atoms with Crippen LogP contribution in [0.4, 0.5) is 0 Å². The first-order chi connectivity index (χ1) is 29.2. The molecular formula is C55H33N3S. The Morgan fingerprint density at radius 2 is 0.831 bits per heavy atom. The van der Waals surface area contributed by atoms with Gasteiger partial charge in [-0.05, 0) is 56.1 Å². The SMILES string of the molecule is c1ccc(-c2cc(-c3ccccc3)nc(-c3ccc(-c4cccc5c4nc(-c4ccc6c7ccccc7c7ccccc7c6c4)c4sc6ccccc6c45)cc3)n2)cc1. The van der Waals surface area contributed by atoms with Crippen molar-refractivity contribution in [3.8, 4) is 56.3 Å². The molecule has 0 aliphatic carbocycles. The smallest absolute Gasteiger partial charge is 0.160 e. The van der Waals surface area contributed by atoms with Crippen molar-refractivity contribution >= 4 is 74.7 Å². The molecular weight excluding hydrogens is 735 g/mol. The van der Waals surface area contributed by atoms with E-state index in [1.54, 1.807) is 0 Å². The summed E-state index contributed by atoms with van der Waals surface area (Å²) in [6.07, 6.45) is 0. The van der Waals surface area contributed by atoms with Gasteiger partial charge in [-0.15, -0.1) is 11.3 Å². The molecule has 3 aromatic heterocycles. The summed E-state index contributed by atoms with van der Waals surface area (Å²) in [6, 6.07) is 71.3. The Balaban J connectivity index is 1.05. The number of fused-ring (bicyclic) bond motifs is 11. The standard InChI is InChI=1S/C55H33N3S/c1-3-14-35(15-4-1)48-33-49(36-16-5-2-6-17-36)57-55(56-48)37-28-26-34(27-29-37)39-23-13-24-46-51-45-22-11-12-25-50(45)59-54(51)52(58-53(39)46)38-30-31-44-42-20-8-7-18-40(42)41-19-9-10-21-43(41)47(44)32-38/h1-33H. The average Bonchev–Trinajstić information content (AvgIpc) is 3.72. The molecule has 12 rings (SSSR count). The summed E-state index contributed by atoms with van der Waals surface area (Å²) in [4.78, 5) is 15.8. The molecule has 0 amide bonds. The van der Waals surface area contributed by atoms with Gasteiger partial charge in [0.2, 0.25) is 0 Å². The zero-order chi connectivity index (χ0) is 38.9. The van der Waals surface area contributed by atoms with Crippen molar-refractivity contribution in [1.82, 2.24) is 15.0 Å². The Morgan fingerprint density at radius 3 is 1.47 bits per heavy atom. The second-order valence-electron chi connectivity index (χ2n) is 15.1. The number of pyridine rings is 1. The van der Waals surface area contributed by atoms with Gasteiger partial charge in [-0.2, -0.15) is 0 Å². The second kappa shape index (κ2) is 13.6. The van der Waals surface area contributed by atoms with Crippen molar-refractivity contribution < 1.29 is 0 Å². The highest BCUT2D eigenvalue weighted by Gasteiger charge is 2.20. The van der Waals surface area contributed by atoms with Crippen LogP contribution in [0.25, 0.3) is 120 Å².